The Morgan fingerprint density at radius 2 is 2.22 bits per heavy atom. The van der Waals surface area contributed by atoms with E-state index in [1.807, 2.05) is 0 Å². The lowest BCUT2D eigenvalue weighted by atomic mass is 10.2. The fourth-order valence-electron chi connectivity index (χ4n) is 2.24. The summed E-state index contributed by atoms with van der Waals surface area (Å²) in [6, 6.07) is 3.25. The van der Waals surface area contributed by atoms with Gasteiger partial charge in [0.1, 0.15) is 11.6 Å². The van der Waals surface area contributed by atoms with Crippen molar-refractivity contribution in [1.82, 2.24) is 9.55 Å². The first-order valence-corrected chi connectivity index (χ1v) is 7.42. The van der Waals surface area contributed by atoms with E-state index in [-0.39, 0.29) is 5.82 Å². The van der Waals surface area contributed by atoms with Gasteiger partial charge in [-0.1, -0.05) is 12.8 Å². The van der Waals surface area contributed by atoms with Gasteiger partial charge in [-0.2, -0.15) is 0 Å². The topological polar surface area (TPSA) is 17.8 Å². The standard InChI is InChI=1S/C13H13BrClFN2/c14-9-5-12-11(6-10(9)16)17-13(7-15)18(12)4-3-8-1-2-8/h5-6,8H,1-4,7H2. The molecule has 96 valence electrons. The molecule has 2 aromatic rings. The normalized spacial score (nSPS) is 15.5. The molecule has 0 unspecified atom stereocenters. The molecule has 0 N–H and O–H groups in total. The molecule has 0 saturated heterocycles. The molecule has 2 nitrogen and oxygen atoms in total. The first-order chi connectivity index (χ1) is 8.69. The van der Waals surface area contributed by atoms with Crippen molar-refractivity contribution in [3.8, 4) is 0 Å². The zero-order valence-corrected chi connectivity index (χ0v) is 12.1. The minimum Gasteiger partial charge on any atom is -0.327 e. The lowest BCUT2D eigenvalue weighted by molar-refractivity contribution is 0.593. The molecule has 1 saturated carbocycles. The summed E-state index contributed by atoms with van der Waals surface area (Å²) in [5.74, 6) is 1.76. The number of alkyl halides is 1. The van der Waals surface area contributed by atoms with Crippen LogP contribution in [0.15, 0.2) is 16.6 Å². The SMILES string of the molecule is Fc1cc2nc(CCl)n(CCC3CC3)c2cc1Br. The summed E-state index contributed by atoms with van der Waals surface area (Å²) in [5, 5.41) is 0. The van der Waals surface area contributed by atoms with E-state index in [0.29, 0.717) is 15.9 Å². The number of aromatic nitrogens is 2. The maximum atomic E-state index is 13.5. The zero-order chi connectivity index (χ0) is 12.7. The van der Waals surface area contributed by atoms with Gasteiger partial charge in [0.2, 0.25) is 0 Å². The maximum absolute atomic E-state index is 13.5. The summed E-state index contributed by atoms with van der Waals surface area (Å²) >= 11 is 9.15. The second kappa shape index (κ2) is 4.82. The smallest absolute Gasteiger partial charge is 0.139 e. The van der Waals surface area contributed by atoms with Crippen LogP contribution in [0.3, 0.4) is 0 Å². The number of hydrogen-bond acceptors (Lipinski definition) is 1. The van der Waals surface area contributed by atoms with Gasteiger partial charge in [0.25, 0.3) is 0 Å². The Hall–Kier alpha value is -0.610. The van der Waals surface area contributed by atoms with Crippen LogP contribution in [0.2, 0.25) is 0 Å². The van der Waals surface area contributed by atoms with Gasteiger partial charge in [-0.05, 0) is 34.3 Å². The minimum atomic E-state index is -0.282. The Balaban J connectivity index is 2.04. The molecule has 1 fully saturated rings. The van der Waals surface area contributed by atoms with Crippen LogP contribution in [0.4, 0.5) is 4.39 Å². The van der Waals surface area contributed by atoms with Crippen molar-refractivity contribution in [3.05, 3.63) is 28.2 Å². The maximum Gasteiger partial charge on any atom is 0.139 e. The second-order valence-electron chi connectivity index (χ2n) is 4.80. The monoisotopic (exact) mass is 330 g/mol. The van der Waals surface area contributed by atoms with Crippen molar-refractivity contribution in [2.24, 2.45) is 5.92 Å². The van der Waals surface area contributed by atoms with Gasteiger partial charge >= 0.3 is 0 Å². The van der Waals surface area contributed by atoms with Crippen LogP contribution in [0.1, 0.15) is 25.1 Å². The first-order valence-electron chi connectivity index (χ1n) is 6.09. The van der Waals surface area contributed by atoms with Gasteiger partial charge in [0.15, 0.2) is 0 Å². The number of aryl methyl sites for hydroxylation is 1. The number of nitrogens with zero attached hydrogens (tertiary/aromatic N) is 2. The van der Waals surface area contributed by atoms with Crippen molar-refractivity contribution in [2.45, 2.75) is 31.7 Å². The Morgan fingerprint density at radius 3 is 2.89 bits per heavy atom. The Morgan fingerprint density at radius 1 is 1.44 bits per heavy atom. The molecule has 3 rings (SSSR count). The van der Waals surface area contributed by atoms with Gasteiger partial charge in [0.05, 0.1) is 21.4 Å². The Labute approximate surface area is 118 Å². The highest BCUT2D eigenvalue weighted by Gasteiger charge is 2.22. The Bertz CT molecular complexity index is 592. The van der Waals surface area contributed by atoms with E-state index in [9.17, 15) is 4.39 Å². The zero-order valence-electron chi connectivity index (χ0n) is 9.80. The molecule has 1 aliphatic carbocycles. The minimum absolute atomic E-state index is 0.282. The summed E-state index contributed by atoms with van der Waals surface area (Å²) in [4.78, 5) is 4.40. The van der Waals surface area contributed by atoms with Crippen molar-refractivity contribution in [3.63, 3.8) is 0 Å². The molecule has 0 atom stereocenters. The Kier molecular flexibility index (Phi) is 3.32. The predicted octanol–water partition coefficient (Wildman–Crippen LogP) is 4.48. The lowest BCUT2D eigenvalue weighted by Crippen LogP contribution is -2.03. The van der Waals surface area contributed by atoms with Gasteiger partial charge in [-0.3, -0.25) is 0 Å². The molecule has 0 aliphatic heterocycles. The molecule has 1 aromatic carbocycles. The van der Waals surface area contributed by atoms with Crippen LogP contribution < -0.4 is 0 Å². The van der Waals surface area contributed by atoms with E-state index in [4.69, 9.17) is 11.6 Å². The lowest BCUT2D eigenvalue weighted by Gasteiger charge is -2.07. The fourth-order valence-corrected chi connectivity index (χ4v) is 2.78. The highest BCUT2D eigenvalue weighted by atomic mass is 79.9. The molecule has 1 heterocycles. The van der Waals surface area contributed by atoms with E-state index in [2.05, 4.69) is 25.5 Å². The summed E-state index contributed by atoms with van der Waals surface area (Å²) in [6.07, 6.45) is 3.83. The molecule has 1 aliphatic rings. The van der Waals surface area contributed by atoms with Gasteiger partial charge in [0, 0.05) is 12.6 Å². The van der Waals surface area contributed by atoms with Crippen LogP contribution in [0.5, 0.6) is 0 Å². The summed E-state index contributed by atoms with van der Waals surface area (Å²) in [7, 11) is 0. The third-order valence-electron chi connectivity index (χ3n) is 3.45. The van der Waals surface area contributed by atoms with Crippen LogP contribution in [0.25, 0.3) is 11.0 Å². The molecular weight excluding hydrogens is 319 g/mol. The van der Waals surface area contributed by atoms with Crippen LogP contribution in [0, 0.1) is 11.7 Å². The van der Waals surface area contributed by atoms with Crippen molar-refractivity contribution in [1.29, 1.82) is 0 Å². The quantitative estimate of drug-likeness (QED) is 0.756. The van der Waals surface area contributed by atoms with Gasteiger partial charge < -0.3 is 4.57 Å². The summed E-state index contributed by atoms with van der Waals surface area (Å²) in [5.41, 5.74) is 1.64. The van der Waals surface area contributed by atoms with E-state index in [0.717, 1.165) is 30.2 Å². The second-order valence-corrected chi connectivity index (χ2v) is 5.92. The number of rotatable bonds is 4. The van der Waals surface area contributed by atoms with Gasteiger partial charge in [-0.15, -0.1) is 11.6 Å². The number of benzene rings is 1. The summed E-state index contributed by atoms with van der Waals surface area (Å²) in [6.45, 7) is 0.918. The van der Waals surface area contributed by atoms with E-state index < -0.39 is 0 Å². The van der Waals surface area contributed by atoms with Crippen LogP contribution in [-0.2, 0) is 12.4 Å². The summed E-state index contributed by atoms with van der Waals surface area (Å²) < 4.78 is 16.1. The third kappa shape index (κ3) is 2.28. The fraction of sp³-hybridized carbons (Fsp3) is 0.462. The predicted molar refractivity (Wildman–Crippen MR) is 74.3 cm³/mol. The highest BCUT2D eigenvalue weighted by molar-refractivity contribution is 9.10. The van der Waals surface area contributed by atoms with E-state index in [1.54, 1.807) is 6.07 Å². The third-order valence-corrected chi connectivity index (χ3v) is 4.29. The van der Waals surface area contributed by atoms with E-state index in [1.165, 1.54) is 18.9 Å². The molecule has 18 heavy (non-hydrogen) atoms. The highest BCUT2D eigenvalue weighted by Crippen LogP contribution is 2.34. The van der Waals surface area contributed by atoms with E-state index >= 15 is 0 Å². The molecule has 5 heteroatoms. The number of halogens is 3. The molecular formula is C13H13BrClFN2. The van der Waals surface area contributed by atoms with Crippen molar-refractivity contribution >= 4 is 38.6 Å². The first kappa shape index (κ1) is 12.4. The van der Waals surface area contributed by atoms with Gasteiger partial charge in [-0.25, -0.2) is 9.37 Å². The molecule has 0 radical (unpaired) electrons. The molecule has 0 amide bonds. The molecule has 0 bridgehead atoms. The molecule has 0 spiro atoms. The number of hydrogen-bond donors (Lipinski definition) is 0. The van der Waals surface area contributed by atoms with Crippen LogP contribution >= 0.6 is 27.5 Å². The average Bonchev–Trinajstić information content (AvgIpc) is 3.11. The molecule has 1 aromatic heterocycles. The van der Waals surface area contributed by atoms with Crippen molar-refractivity contribution in [2.75, 3.05) is 0 Å². The number of fused-ring (bicyclic) bond motifs is 1. The average molecular weight is 332 g/mol. The van der Waals surface area contributed by atoms with Crippen molar-refractivity contribution < 1.29 is 4.39 Å². The number of imidazole rings is 1. The van der Waals surface area contributed by atoms with Crippen LogP contribution in [-0.4, -0.2) is 9.55 Å². The largest absolute Gasteiger partial charge is 0.327 e.